The van der Waals surface area contributed by atoms with Crippen molar-refractivity contribution in [2.45, 2.75) is 0 Å². The van der Waals surface area contributed by atoms with Gasteiger partial charge in [-0.05, 0) is 11.4 Å². The summed E-state index contributed by atoms with van der Waals surface area (Å²) in [6.07, 6.45) is 0. The number of nitrogens with zero attached hydrogens (tertiary/aromatic N) is 2. The Balaban J connectivity index is 1.91. The molecule has 1 heterocycles. The van der Waals surface area contributed by atoms with Crippen LogP contribution < -0.4 is 0 Å². The van der Waals surface area contributed by atoms with Gasteiger partial charge in [0.15, 0.2) is 15.6 Å². The fourth-order valence-electron chi connectivity index (χ4n) is 2.43. The van der Waals surface area contributed by atoms with Crippen LogP contribution in [0.25, 0.3) is 0 Å². The average molecular weight is 441 g/mol. The first kappa shape index (κ1) is 21.6. The number of ketones is 1. The zero-order valence-corrected chi connectivity index (χ0v) is 18.3. The van der Waals surface area contributed by atoms with Gasteiger partial charge in [-0.25, -0.2) is 8.42 Å². The van der Waals surface area contributed by atoms with Crippen molar-refractivity contribution in [1.82, 2.24) is 9.80 Å². The number of hydrogen-bond acceptors (Lipinski definition) is 6. The second-order valence-corrected chi connectivity index (χ2v) is 9.69. The number of sulfone groups is 1. The third-order valence-corrected chi connectivity index (χ3v) is 6.99. The summed E-state index contributed by atoms with van der Waals surface area (Å²) < 4.78 is 24.8. The van der Waals surface area contributed by atoms with Gasteiger partial charge in [-0.15, -0.1) is 0 Å². The molecule has 0 unspecified atom stereocenters. The van der Waals surface area contributed by atoms with Gasteiger partial charge in [-0.2, -0.15) is 11.3 Å². The Morgan fingerprint density at radius 1 is 1.00 bits per heavy atom. The van der Waals surface area contributed by atoms with Crippen LogP contribution in [-0.2, 0) is 14.6 Å². The van der Waals surface area contributed by atoms with Crippen molar-refractivity contribution in [2.24, 2.45) is 0 Å². The number of benzene rings is 1. The van der Waals surface area contributed by atoms with Crippen LogP contribution in [0.5, 0.6) is 0 Å². The number of thiocarbonyl (C=S) groups is 2. The minimum absolute atomic E-state index is 0.0638. The lowest BCUT2D eigenvalue weighted by molar-refractivity contribution is -0.116. The molecule has 0 atom stereocenters. The number of carbonyl (C=O) groups excluding carboxylic acids is 1. The molecule has 0 saturated carbocycles. The molecule has 0 saturated heterocycles. The molecule has 0 radical (unpaired) electrons. The van der Waals surface area contributed by atoms with Crippen molar-refractivity contribution in [1.29, 1.82) is 0 Å². The molecule has 0 bridgehead atoms. The van der Waals surface area contributed by atoms with Crippen LogP contribution in [0.15, 0.2) is 47.2 Å². The first-order valence-corrected chi connectivity index (χ1v) is 11.6. The van der Waals surface area contributed by atoms with Crippen LogP contribution in [0.4, 0.5) is 0 Å². The third-order valence-electron chi connectivity index (χ3n) is 3.67. The Kier molecular flexibility index (Phi) is 7.60. The highest BCUT2D eigenvalue weighted by molar-refractivity contribution is 7.92. The summed E-state index contributed by atoms with van der Waals surface area (Å²) in [5.41, 5.74) is 1.61. The molecule has 0 spiro atoms. The second-order valence-electron chi connectivity index (χ2n) is 6.10. The van der Waals surface area contributed by atoms with Crippen LogP contribution in [-0.4, -0.2) is 66.2 Å². The zero-order chi connectivity index (χ0) is 20.0. The molecule has 0 aliphatic heterocycles. The number of Topliss-reactive ketones (excluding diaryl/α,β-unsaturated/α-hetero) is 1. The molecule has 0 aliphatic rings. The molecule has 5 nitrogen and oxygen atoms in total. The molecule has 9 heteroatoms. The summed E-state index contributed by atoms with van der Waals surface area (Å²) in [4.78, 5) is 16.2. The lowest BCUT2D eigenvalue weighted by Crippen LogP contribution is -2.37. The molecular weight excluding hydrogens is 420 g/mol. The lowest BCUT2D eigenvalue weighted by Gasteiger charge is -2.21. The zero-order valence-electron chi connectivity index (χ0n) is 15.0. The first-order valence-electron chi connectivity index (χ1n) is 8.00. The summed E-state index contributed by atoms with van der Waals surface area (Å²) in [6, 6.07) is 11.1. The molecule has 1 aromatic carbocycles. The molecule has 27 heavy (non-hydrogen) atoms. The third kappa shape index (κ3) is 6.46. The molecule has 0 fully saturated rings. The number of thiophene rings is 1. The smallest absolute Gasteiger partial charge is 0.175 e. The number of carbonyl (C=O) groups is 1. The molecule has 0 amide bonds. The van der Waals surface area contributed by atoms with E-state index in [1.54, 1.807) is 19.0 Å². The van der Waals surface area contributed by atoms with E-state index >= 15 is 0 Å². The Morgan fingerprint density at radius 2 is 1.63 bits per heavy atom. The highest BCUT2D eigenvalue weighted by Gasteiger charge is 2.22. The van der Waals surface area contributed by atoms with E-state index in [9.17, 15) is 13.2 Å². The van der Waals surface area contributed by atoms with Gasteiger partial charge in [0.05, 0.1) is 6.54 Å². The SMILES string of the molecule is CN(CC(=O)CS(=O)(=O)CN(C)C(=S)c1ccsc1)C(=S)c1ccccc1. The largest absolute Gasteiger partial charge is 0.358 e. The van der Waals surface area contributed by atoms with Gasteiger partial charge >= 0.3 is 0 Å². The maximum atomic E-state index is 12.4. The second kappa shape index (κ2) is 9.50. The van der Waals surface area contributed by atoms with Crippen molar-refractivity contribution in [3.05, 3.63) is 58.3 Å². The van der Waals surface area contributed by atoms with Crippen molar-refractivity contribution in [2.75, 3.05) is 32.3 Å². The Bertz CT molecular complexity index is 909. The number of rotatable bonds is 8. The van der Waals surface area contributed by atoms with Crippen LogP contribution in [0.2, 0.25) is 0 Å². The van der Waals surface area contributed by atoms with Crippen LogP contribution in [0, 0.1) is 0 Å². The predicted octanol–water partition coefficient (Wildman–Crippen LogP) is 2.60. The normalized spacial score (nSPS) is 11.0. The van der Waals surface area contributed by atoms with Gasteiger partial charge in [0.2, 0.25) is 0 Å². The highest BCUT2D eigenvalue weighted by Crippen LogP contribution is 2.11. The van der Waals surface area contributed by atoms with E-state index in [4.69, 9.17) is 24.4 Å². The molecule has 0 N–H and O–H groups in total. The lowest BCUT2D eigenvalue weighted by atomic mass is 10.2. The van der Waals surface area contributed by atoms with E-state index < -0.39 is 21.4 Å². The van der Waals surface area contributed by atoms with Crippen molar-refractivity contribution in [3.8, 4) is 0 Å². The summed E-state index contributed by atoms with van der Waals surface area (Å²) in [5, 5.41) is 3.73. The summed E-state index contributed by atoms with van der Waals surface area (Å²) >= 11 is 12.1. The first-order chi connectivity index (χ1) is 12.7. The number of likely N-dealkylation sites (N-methyl/N-ethyl adjacent to an activating group) is 1. The molecule has 0 aliphatic carbocycles. The van der Waals surface area contributed by atoms with E-state index in [0.717, 1.165) is 11.1 Å². The van der Waals surface area contributed by atoms with Gasteiger partial charge in [0.25, 0.3) is 0 Å². The average Bonchev–Trinajstić information content (AvgIpc) is 3.14. The maximum Gasteiger partial charge on any atom is 0.175 e. The standard InChI is InChI=1S/C18H20N2O3S4/c1-19(17(24)14-6-4-3-5-7-14)10-16(21)12-27(22,23)13-20(2)18(25)15-8-9-26-11-15/h3-9,11H,10,12-13H2,1-2H3. The quantitative estimate of drug-likeness (QED) is 0.585. The minimum atomic E-state index is -3.63. The molecule has 2 rings (SSSR count). The maximum absolute atomic E-state index is 12.4. The summed E-state index contributed by atoms with van der Waals surface area (Å²) in [6.45, 7) is -0.0638. The summed E-state index contributed by atoms with van der Waals surface area (Å²) in [7, 11) is -0.342. The monoisotopic (exact) mass is 440 g/mol. The molecule has 2 aromatic rings. The van der Waals surface area contributed by atoms with Crippen LogP contribution in [0.3, 0.4) is 0 Å². The topological polar surface area (TPSA) is 57.7 Å². The van der Waals surface area contributed by atoms with E-state index in [0.29, 0.717) is 9.98 Å². The Labute approximate surface area is 174 Å². The Morgan fingerprint density at radius 3 is 2.22 bits per heavy atom. The Hall–Kier alpha value is -1.68. The van der Waals surface area contributed by atoms with Crippen LogP contribution >= 0.6 is 35.8 Å². The fourth-order valence-corrected chi connectivity index (χ4v) is 5.02. The predicted molar refractivity (Wildman–Crippen MR) is 118 cm³/mol. The number of hydrogen-bond donors (Lipinski definition) is 0. The van der Waals surface area contributed by atoms with Crippen molar-refractivity contribution in [3.63, 3.8) is 0 Å². The molecule has 144 valence electrons. The molecule has 1 aromatic heterocycles. The van der Waals surface area contributed by atoms with Gasteiger partial charge in [0.1, 0.15) is 21.6 Å². The van der Waals surface area contributed by atoms with Gasteiger partial charge < -0.3 is 9.80 Å². The van der Waals surface area contributed by atoms with Gasteiger partial charge in [-0.3, -0.25) is 4.79 Å². The summed E-state index contributed by atoms with van der Waals surface area (Å²) in [5.74, 6) is -1.27. The van der Waals surface area contributed by atoms with E-state index in [2.05, 4.69) is 0 Å². The highest BCUT2D eigenvalue weighted by atomic mass is 32.2. The van der Waals surface area contributed by atoms with Gasteiger partial charge in [-0.1, -0.05) is 54.8 Å². The van der Waals surface area contributed by atoms with Gasteiger partial charge in [0, 0.05) is 30.6 Å². The molecular formula is C18H20N2O3S4. The fraction of sp³-hybridized carbons (Fsp3) is 0.278. The van der Waals surface area contributed by atoms with E-state index in [-0.39, 0.29) is 12.4 Å². The van der Waals surface area contributed by atoms with E-state index in [1.807, 2.05) is 47.2 Å². The minimum Gasteiger partial charge on any atom is -0.358 e. The van der Waals surface area contributed by atoms with Crippen molar-refractivity contribution >= 4 is 61.4 Å². The van der Waals surface area contributed by atoms with Crippen LogP contribution in [0.1, 0.15) is 11.1 Å². The van der Waals surface area contributed by atoms with E-state index in [1.165, 1.54) is 16.2 Å². The van der Waals surface area contributed by atoms with Crippen molar-refractivity contribution < 1.29 is 13.2 Å².